The smallest absolute Gasteiger partial charge is 0.456 e. The van der Waals surface area contributed by atoms with Gasteiger partial charge in [-0.1, -0.05) is 80.4 Å². The van der Waals surface area contributed by atoms with Crippen LogP contribution in [0.3, 0.4) is 0 Å². The summed E-state index contributed by atoms with van der Waals surface area (Å²) in [5.41, 5.74) is 4.85. The Morgan fingerprint density at radius 2 is 0.887 bits per heavy atom. The largest absolute Gasteiger partial charge is 0.457 e. The number of para-hydroxylation sites is 1. The van der Waals surface area contributed by atoms with E-state index >= 15 is 0 Å². The van der Waals surface area contributed by atoms with E-state index in [1.54, 1.807) is 99.0 Å². The molecule has 9 aromatic rings. The maximum Gasteiger partial charge on any atom is 0.456 e. The summed E-state index contributed by atoms with van der Waals surface area (Å²) in [5, 5.41) is 10.3. The van der Waals surface area contributed by atoms with Crippen molar-refractivity contribution in [1.29, 1.82) is 0 Å². The first kappa shape index (κ1) is 97.6. The average molecular weight is 1900 g/mol. The fourth-order valence-corrected chi connectivity index (χ4v) is 22.9. The maximum atomic E-state index is 14.6. The van der Waals surface area contributed by atoms with Crippen LogP contribution >= 0.6 is 23.2 Å². The van der Waals surface area contributed by atoms with Crippen molar-refractivity contribution in [2.24, 2.45) is 5.41 Å². The summed E-state index contributed by atoms with van der Waals surface area (Å²) in [6.45, 7) is 23.5. The summed E-state index contributed by atoms with van der Waals surface area (Å²) in [6.07, 6.45) is -1.30. The molecule has 4 spiro atoms. The number of halogens is 9. The molecule has 4 aromatic heterocycles. The number of carbonyl (C=O) groups is 6. The number of aryl methyl sites for hydroxylation is 1. The lowest BCUT2D eigenvalue weighted by atomic mass is 9.81. The summed E-state index contributed by atoms with van der Waals surface area (Å²) in [6, 6.07) is 45.9. The van der Waals surface area contributed by atoms with Crippen molar-refractivity contribution in [3.05, 3.63) is 253 Å². The van der Waals surface area contributed by atoms with Crippen LogP contribution in [-0.4, -0.2) is 230 Å². The highest BCUT2D eigenvalue weighted by molar-refractivity contribution is 7.92. The number of nitrogens with zero attached hydrogens (tertiary/aromatic N) is 12. The lowest BCUT2D eigenvalue weighted by molar-refractivity contribution is -0.144. The van der Waals surface area contributed by atoms with Gasteiger partial charge in [0.05, 0.1) is 60.0 Å². The van der Waals surface area contributed by atoms with Gasteiger partial charge in [0, 0.05) is 157 Å². The number of likely N-dealkylation sites (tertiary alicyclic amines) is 4. The van der Waals surface area contributed by atoms with E-state index in [1.807, 2.05) is 104 Å². The van der Waals surface area contributed by atoms with Gasteiger partial charge in [0.25, 0.3) is 29.4 Å². The number of aliphatic hydroxyl groups is 1. The minimum atomic E-state index is -4.91. The number of likely N-dealkylation sites (N-methyl/N-ethyl adjacent to an activating group) is 4. The predicted octanol–water partition coefficient (Wildman–Crippen LogP) is 18.4. The summed E-state index contributed by atoms with van der Waals surface area (Å²) in [5.74, 6) is -0.486. The van der Waals surface area contributed by atoms with E-state index in [0.717, 1.165) is 99.0 Å². The van der Waals surface area contributed by atoms with E-state index in [1.165, 1.54) is 51.4 Å². The third-order valence-electron chi connectivity index (χ3n) is 29.2. The molecule has 32 heteroatoms. The van der Waals surface area contributed by atoms with Crippen molar-refractivity contribution < 1.29 is 79.2 Å². The van der Waals surface area contributed by atoms with Crippen LogP contribution in [0.15, 0.2) is 163 Å². The molecule has 1 N–H and O–H groups in total. The number of ketones is 2. The third kappa shape index (κ3) is 19.4. The monoisotopic (exact) mass is 1900 g/mol. The molecule has 133 heavy (non-hydrogen) atoms. The zero-order chi connectivity index (χ0) is 95.8. The first-order valence-corrected chi connectivity index (χ1v) is 48.2. The van der Waals surface area contributed by atoms with Crippen LogP contribution in [0.1, 0.15) is 228 Å². The number of amides is 4. The van der Waals surface area contributed by atoms with Crippen molar-refractivity contribution in [3.8, 4) is 11.5 Å². The molecular formula is C101H121Cl2F7N12O10S. The fraction of sp³-hybridized carbons (Fsp3) is 0.485. The highest BCUT2D eigenvalue weighted by Gasteiger charge is 2.53. The van der Waals surface area contributed by atoms with Gasteiger partial charge in [-0.05, 0) is 271 Å². The van der Waals surface area contributed by atoms with Gasteiger partial charge in [0.2, 0.25) is 0 Å². The number of Topliss-reactive ketones (excluding diaryl/α,β-unsaturated/α-hetero) is 2. The molecule has 0 unspecified atom stereocenters. The Hall–Kier alpha value is -9.92. The quantitative estimate of drug-likeness (QED) is 0.0841. The molecule has 0 radical (unpaired) electrons. The Morgan fingerprint density at radius 3 is 1.33 bits per heavy atom. The molecule has 18 rings (SSSR count). The third-order valence-corrected chi connectivity index (χ3v) is 31.9. The van der Waals surface area contributed by atoms with E-state index < -0.39 is 66.8 Å². The lowest BCUT2D eigenvalue weighted by Crippen LogP contribution is -2.57. The van der Waals surface area contributed by atoms with E-state index in [4.69, 9.17) is 27.9 Å². The van der Waals surface area contributed by atoms with Crippen molar-refractivity contribution in [1.82, 2.24) is 57.5 Å². The second-order valence-corrected chi connectivity index (χ2v) is 42.5. The van der Waals surface area contributed by atoms with Crippen molar-refractivity contribution in [2.75, 3.05) is 107 Å². The summed E-state index contributed by atoms with van der Waals surface area (Å²) in [4.78, 5) is 94.2. The number of piperidine rings is 4. The molecular weight excluding hydrogens is 1780 g/mol. The number of rotatable bonds is 13. The maximum absolute atomic E-state index is 14.6. The number of aromatic nitrogens is 4. The molecule has 0 bridgehead atoms. The molecule has 0 atom stereocenters. The second-order valence-electron chi connectivity index (χ2n) is 39.2. The average Bonchev–Trinajstić information content (AvgIpc) is 1.55. The standard InChI is InChI=1S/C28H39N3O4S.C27H26F3N3O3.C24H28ClF4N3O2.C22H26ClN3O.H2/c1-19(2)36(34,35)21-8-9-22(20(3)18-21)26(33)30-14-12-28(13-15-30)24-11-10-23(25(32)27(4,5)6)31(24)17-16-29(28)7;1-31-17-18-33-22(24(34)27(28,29)30)11-12-23(33)26(31)13-15-32(16-14-26)25(35)19-7-9-21(10-8-19)36-20-5-3-2-4-6-20;1-22(2,34)14-16-5-4-15(12-18(16)26)21(33)31-8-6-23(7-9-31)20-17(25)13-19(24(27,28)29)32(20)11-10-30(23)3;1-24-14-15-26-19(8-9-20(26)23)22(24)10-12-25(13-11-22)21(27)18-6-4-17(5-7-18)16-2-3-16;/h8-11,18-19H,12-17H2,1-7H3;2-12H,13-18H2,1H3;4-5,12-13,34H,6-11,14H2,1-3H3;4-9,16H,2-3,10-15H2,1H3;1H. The van der Waals surface area contributed by atoms with Crippen LogP contribution in [0, 0.1) is 18.2 Å². The Morgan fingerprint density at radius 1 is 0.474 bits per heavy atom. The zero-order valence-electron chi connectivity index (χ0n) is 77.6. The number of alkyl halides is 6. The van der Waals surface area contributed by atoms with Gasteiger partial charge < -0.3 is 47.7 Å². The van der Waals surface area contributed by atoms with Crippen molar-refractivity contribution in [2.45, 2.75) is 208 Å². The summed E-state index contributed by atoms with van der Waals surface area (Å²) >= 11 is 12.7. The summed E-state index contributed by atoms with van der Waals surface area (Å²) < 4.78 is 133. The normalized spacial score (nSPS) is 19.1. The molecule has 12 heterocycles. The van der Waals surface area contributed by atoms with Crippen LogP contribution in [0.4, 0.5) is 30.7 Å². The topological polar surface area (TPSA) is 212 Å². The Kier molecular flexibility index (Phi) is 27.6. The number of carbonyl (C=O) groups excluding carboxylic acids is 6. The zero-order valence-corrected chi connectivity index (χ0v) is 79.9. The number of hydrogen-bond donors (Lipinski definition) is 1. The van der Waals surface area contributed by atoms with Gasteiger partial charge in [-0.25, -0.2) is 12.8 Å². The van der Waals surface area contributed by atoms with Gasteiger partial charge in [-0.15, -0.1) is 0 Å². The Bertz CT molecular complexity index is 5970. The number of sulfone groups is 1. The summed E-state index contributed by atoms with van der Waals surface area (Å²) in [7, 11) is 4.77. The molecule has 1 aliphatic carbocycles. The molecule has 5 fully saturated rings. The van der Waals surface area contributed by atoms with Gasteiger partial charge in [0.1, 0.15) is 28.2 Å². The second kappa shape index (κ2) is 37.6. The van der Waals surface area contributed by atoms with Gasteiger partial charge in [0.15, 0.2) is 15.6 Å². The minimum Gasteiger partial charge on any atom is -0.457 e. The highest BCUT2D eigenvalue weighted by atomic mass is 35.5. The van der Waals surface area contributed by atoms with Crippen LogP contribution < -0.4 is 4.74 Å². The number of fused-ring (bicyclic) bond motifs is 8. The van der Waals surface area contributed by atoms with Gasteiger partial charge in [-0.3, -0.25) is 48.4 Å². The minimum absolute atomic E-state index is 0. The van der Waals surface area contributed by atoms with Crippen molar-refractivity contribution >= 4 is 68.2 Å². The molecule has 714 valence electrons. The predicted molar refractivity (Wildman–Crippen MR) is 498 cm³/mol. The Balaban J connectivity index is 0.000000144. The van der Waals surface area contributed by atoms with E-state index in [9.17, 15) is 73.0 Å². The first-order valence-electron chi connectivity index (χ1n) is 45.9. The van der Waals surface area contributed by atoms with Gasteiger partial charge >= 0.3 is 12.4 Å². The molecule has 4 amide bonds. The molecule has 4 saturated heterocycles. The van der Waals surface area contributed by atoms with Crippen LogP contribution in [-0.2, 0) is 70.8 Å². The first-order chi connectivity index (χ1) is 62.7. The van der Waals surface area contributed by atoms with E-state index in [0.29, 0.717) is 130 Å². The molecule has 8 aliphatic heterocycles. The number of ether oxygens (including phenoxy) is 1. The molecule has 22 nitrogen and oxygen atoms in total. The molecule has 5 aromatic carbocycles. The van der Waals surface area contributed by atoms with E-state index in [2.05, 4.69) is 62.2 Å². The molecule has 9 aliphatic rings. The van der Waals surface area contributed by atoms with Gasteiger partial charge in [-0.2, -0.15) is 26.3 Å². The van der Waals surface area contributed by atoms with Crippen LogP contribution in [0.2, 0.25) is 10.2 Å². The molecule has 1 saturated carbocycles. The van der Waals surface area contributed by atoms with Crippen molar-refractivity contribution in [3.63, 3.8) is 0 Å². The van der Waals surface area contributed by atoms with Crippen LogP contribution in [0.5, 0.6) is 11.5 Å². The number of hydrogen-bond acceptors (Lipinski definition) is 14. The number of benzene rings is 5. The Labute approximate surface area is 784 Å². The van der Waals surface area contributed by atoms with E-state index in [-0.39, 0.29) is 76.1 Å². The van der Waals surface area contributed by atoms with Crippen LogP contribution in [0.25, 0.3) is 0 Å². The fourth-order valence-electron chi connectivity index (χ4n) is 21.1. The SMILES string of the molecule is CN1CCn2c(C(=O)C(F)(F)F)ccc2C12CCN(C(=O)c1ccc(Oc3ccccc3)cc1)CC2.CN1CCn2c(C(F)(F)F)cc(Cl)c2C12CCN(C(=O)c1ccc(CC(C)(C)O)c(F)c1)CC2.CN1CCn2c(Cl)ccc2C12CCN(C(=O)c1ccc(C3CC3)cc1)CC2.Cc1cc(S(=O)(=O)C(C)C)ccc1C(=O)N1CCC2(CC1)c1ccc(C(=O)C(C)(C)C)n1CCN2C.[HH]. The lowest BCUT2D eigenvalue weighted by Gasteiger charge is -2.50. The highest BCUT2D eigenvalue weighted by Crippen LogP contribution is 2.51.